The van der Waals surface area contributed by atoms with Crippen molar-refractivity contribution < 1.29 is 14.3 Å². The number of carbonyl (C=O) groups excluding carboxylic acids is 1. The van der Waals surface area contributed by atoms with E-state index < -0.39 is 0 Å². The van der Waals surface area contributed by atoms with Gasteiger partial charge >= 0.3 is 143 Å². The van der Waals surface area contributed by atoms with E-state index >= 15 is 0 Å². The molecule has 3 rings (SSSR count). The van der Waals surface area contributed by atoms with Gasteiger partial charge in [0.2, 0.25) is 0 Å². The maximum atomic E-state index is 12.3. The number of rotatable bonds is 4. The zero-order chi connectivity index (χ0) is 16.2. The molecular weight excluding hydrogens is 355 g/mol. The van der Waals surface area contributed by atoms with Crippen molar-refractivity contribution in [2.45, 2.75) is 23.9 Å². The molecule has 0 saturated carbocycles. The second kappa shape index (κ2) is 7.31. The number of methoxy groups -OCH3 is 1. The minimum atomic E-state index is -0.217. The van der Waals surface area contributed by atoms with Crippen LogP contribution in [0.1, 0.15) is 18.6 Å². The van der Waals surface area contributed by atoms with Crippen molar-refractivity contribution in [3.05, 3.63) is 66.2 Å². The summed E-state index contributed by atoms with van der Waals surface area (Å²) in [6.07, 6.45) is -0.196. The van der Waals surface area contributed by atoms with E-state index in [1.165, 1.54) is 11.6 Å². The average molecular weight is 375 g/mol. The number of hydrogen-bond acceptors (Lipinski definition) is 3. The molecule has 0 aliphatic carbocycles. The number of ether oxygens (including phenoxy) is 2. The Morgan fingerprint density at radius 1 is 1.04 bits per heavy atom. The van der Waals surface area contributed by atoms with E-state index in [2.05, 4.69) is 24.3 Å². The van der Waals surface area contributed by atoms with Crippen LogP contribution in [0.4, 0.5) is 0 Å². The first-order valence-corrected chi connectivity index (χ1v) is 9.55. The quantitative estimate of drug-likeness (QED) is 0.609. The van der Waals surface area contributed by atoms with E-state index in [-0.39, 0.29) is 43.9 Å². The summed E-state index contributed by atoms with van der Waals surface area (Å²) < 4.78 is 12.5. The van der Waals surface area contributed by atoms with Crippen LogP contribution >= 0.6 is 0 Å². The van der Waals surface area contributed by atoms with Gasteiger partial charge in [-0.05, 0) is 0 Å². The summed E-state index contributed by atoms with van der Waals surface area (Å²) >= 11 is 0.130. The van der Waals surface area contributed by atoms with Crippen LogP contribution in [0.3, 0.4) is 0 Å². The second-order valence-electron chi connectivity index (χ2n) is 5.62. The zero-order valence-corrected chi connectivity index (χ0v) is 14.9. The van der Waals surface area contributed by atoms with Crippen molar-refractivity contribution >= 4 is 25.4 Å². The van der Waals surface area contributed by atoms with Gasteiger partial charge in [0.05, 0.1) is 0 Å². The van der Waals surface area contributed by atoms with Crippen LogP contribution in [-0.2, 0) is 14.3 Å². The number of hydrogen-bond donors (Lipinski definition) is 0. The molecule has 120 valence electrons. The predicted molar refractivity (Wildman–Crippen MR) is 90.8 cm³/mol. The van der Waals surface area contributed by atoms with E-state index in [4.69, 9.17) is 9.47 Å². The Hall–Kier alpha value is -1.61. The Morgan fingerprint density at radius 3 is 2.26 bits per heavy atom. The summed E-state index contributed by atoms with van der Waals surface area (Å²) in [5.74, 6) is -0.385. The molecule has 0 spiro atoms. The first kappa shape index (κ1) is 16.3. The Kier molecular flexibility index (Phi) is 5.16. The fourth-order valence-electron chi connectivity index (χ4n) is 3.01. The third-order valence-electron chi connectivity index (χ3n) is 4.14. The molecule has 0 amide bonds. The molecule has 2 aromatic carbocycles. The molecule has 4 heteroatoms. The Labute approximate surface area is 143 Å². The normalized spacial score (nSPS) is 26.9. The summed E-state index contributed by atoms with van der Waals surface area (Å²) in [5, 5.41) is 0. The van der Waals surface area contributed by atoms with Gasteiger partial charge in [0.15, 0.2) is 0 Å². The van der Waals surface area contributed by atoms with Crippen LogP contribution in [-0.4, -0.2) is 34.1 Å². The van der Waals surface area contributed by atoms with Gasteiger partial charge in [-0.2, -0.15) is 0 Å². The van der Waals surface area contributed by atoms with Crippen LogP contribution in [0.15, 0.2) is 60.7 Å². The van der Waals surface area contributed by atoms with E-state index in [1.807, 2.05) is 43.3 Å². The zero-order valence-electron chi connectivity index (χ0n) is 13.2. The van der Waals surface area contributed by atoms with Crippen LogP contribution in [0.2, 0.25) is 4.82 Å². The third-order valence-corrected chi connectivity index (χ3v) is 6.98. The van der Waals surface area contributed by atoms with Crippen LogP contribution in [0.25, 0.3) is 0 Å². The van der Waals surface area contributed by atoms with Gasteiger partial charge in [0.1, 0.15) is 0 Å². The molecule has 0 aromatic heterocycles. The first-order chi connectivity index (χ1) is 11.2. The van der Waals surface area contributed by atoms with Crippen molar-refractivity contribution in [2.24, 2.45) is 5.92 Å². The minimum absolute atomic E-state index is 0.0597. The molecule has 1 fully saturated rings. The topological polar surface area (TPSA) is 35.5 Å². The van der Waals surface area contributed by atoms with Gasteiger partial charge in [-0.25, -0.2) is 0 Å². The summed E-state index contributed by atoms with van der Waals surface area (Å²) in [6.45, 7) is 1.97. The molecule has 1 heterocycles. The molecule has 1 saturated heterocycles. The summed E-state index contributed by atoms with van der Waals surface area (Å²) in [6, 6.07) is 20.5. The van der Waals surface area contributed by atoms with E-state index in [0.29, 0.717) is 0 Å². The Morgan fingerprint density at radius 2 is 1.65 bits per heavy atom. The van der Waals surface area contributed by atoms with Gasteiger partial charge in [0.25, 0.3) is 0 Å². The molecule has 23 heavy (non-hydrogen) atoms. The first-order valence-electron chi connectivity index (χ1n) is 7.70. The molecule has 1 aliphatic rings. The van der Waals surface area contributed by atoms with Crippen molar-refractivity contribution in [1.29, 1.82) is 0 Å². The van der Waals surface area contributed by atoms with Gasteiger partial charge in [0, 0.05) is 0 Å². The number of esters is 1. The second-order valence-corrected chi connectivity index (χ2v) is 8.24. The summed E-state index contributed by atoms with van der Waals surface area (Å²) in [4.78, 5) is 12.4. The maximum absolute atomic E-state index is 12.3. The van der Waals surface area contributed by atoms with Crippen molar-refractivity contribution in [3.63, 3.8) is 0 Å². The van der Waals surface area contributed by atoms with Crippen LogP contribution in [0.5, 0.6) is 0 Å². The SMILES string of the molecule is COC(=O)[C@H]1[C@@H]([Se]c2ccccc2)[C@H](c2ccccc2)O[C@@H]1C. The number of carbonyl (C=O) groups is 1. The van der Waals surface area contributed by atoms with Crippen molar-refractivity contribution in [2.75, 3.05) is 7.11 Å². The fraction of sp³-hybridized carbons (Fsp3) is 0.316. The van der Waals surface area contributed by atoms with E-state index in [0.717, 1.165) is 5.56 Å². The van der Waals surface area contributed by atoms with Gasteiger partial charge in [-0.1, -0.05) is 0 Å². The number of benzene rings is 2. The molecule has 0 N–H and O–H groups in total. The molecular formula is C19H20O3Se. The molecule has 0 bridgehead atoms. The van der Waals surface area contributed by atoms with E-state index in [9.17, 15) is 4.79 Å². The van der Waals surface area contributed by atoms with Crippen LogP contribution < -0.4 is 4.46 Å². The van der Waals surface area contributed by atoms with Gasteiger partial charge in [-0.3, -0.25) is 0 Å². The predicted octanol–water partition coefficient (Wildman–Crippen LogP) is 2.75. The third kappa shape index (κ3) is 3.50. The fourth-order valence-corrected chi connectivity index (χ4v) is 6.06. The van der Waals surface area contributed by atoms with Crippen LogP contribution in [0, 0.1) is 5.92 Å². The Balaban J connectivity index is 1.93. The molecule has 0 unspecified atom stereocenters. The standard InChI is InChI=1S/C19H20O3Se/c1-13-16(19(20)21-2)18(23-15-11-7-4-8-12-15)17(22-13)14-9-5-3-6-10-14/h3-13,16-18H,1-2H3/t13-,16-,17+,18-/m1/s1. The molecule has 1 aliphatic heterocycles. The summed E-state index contributed by atoms with van der Waals surface area (Å²) in [7, 11) is 1.46. The molecule has 4 atom stereocenters. The molecule has 3 nitrogen and oxygen atoms in total. The van der Waals surface area contributed by atoms with Crippen molar-refractivity contribution in [3.8, 4) is 0 Å². The van der Waals surface area contributed by atoms with Gasteiger partial charge < -0.3 is 0 Å². The van der Waals surface area contributed by atoms with Gasteiger partial charge in [-0.15, -0.1) is 0 Å². The summed E-state index contributed by atoms with van der Waals surface area (Å²) in [5.41, 5.74) is 1.13. The monoisotopic (exact) mass is 376 g/mol. The molecule has 2 aromatic rings. The van der Waals surface area contributed by atoms with E-state index in [1.54, 1.807) is 0 Å². The van der Waals surface area contributed by atoms with Crippen molar-refractivity contribution in [1.82, 2.24) is 0 Å². The Bertz CT molecular complexity index is 644. The average Bonchev–Trinajstić information content (AvgIpc) is 2.92. The molecule has 0 radical (unpaired) electrons.